The predicted octanol–water partition coefficient (Wildman–Crippen LogP) is 0.545. The molecule has 0 fully saturated rings. The molecule has 1 atom stereocenters. The summed E-state index contributed by atoms with van der Waals surface area (Å²) in [6, 6.07) is 0. The molecule has 0 radical (unpaired) electrons. The Morgan fingerprint density at radius 1 is 1.47 bits per heavy atom. The lowest BCUT2D eigenvalue weighted by Gasteiger charge is -2.10. The number of hydrogen-bond donors (Lipinski definition) is 2. The molecule has 0 aromatic carbocycles. The summed E-state index contributed by atoms with van der Waals surface area (Å²) in [4.78, 5) is 11.0. The molecule has 15 heavy (non-hydrogen) atoms. The largest absolute Gasteiger partial charge is 0.385 e. The van der Waals surface area contributed by atoms with Gasteiger partial charge >= 0.3 is 0 Å². The Morgan fingerprint density at radius 3 is 2.67 bits per heavy atom. The molecule has 0 rings (SSSR count). The minimum Gasteiger partial charge on any atom is -0.385 e. The lowest BCUT2D eigenvalue weighted by molar-refractivity contribution is -0.123. The van der Waals surface area contributed by atoms with Crippen LogP contribution in [0.2, 0.25) is 0 Å². The normalized spacial score (nSPS) is 12.9. The first-order valence-corrected chi connectivity index (χ1v) is 4.88. The van der Waals surface area contributed by atoms with E-state index in [0.29, 0.717) is 6.61 Å². The SMILES string of the molecule is CCCOCCC(=O)NCC(O)C(F)F. The molecule has 0 aromatic heterocycles. The number of ether oxygens (including phenoxy) is 1. The van der Waals surface area contributed by atoms with Crippen LogP contribution in [0.3, 0.4) is 0 Å². The van der Waals surface area contributed by atoms with E-state index < -0.39 is 25.0 Å². The maximum absolute atomic E-state index is 11.8. The fraction of sp³-hybridized carbons (Fsp3) is 0.889. The Hall–Kier alpha value is -0.750. The molecule has 0 spiro atoms. The number of aliphatic hydroxyl groups excluding tert-OH is 1. The first-order chi connectivity index (χ1) is 7.07. The molecule has 0 saturated carbocycles. The highest BCUT2D eigenvalue weighted by Crippen LogP contribution is 1.98. The molecule has 0 aliphatic rings. The Labute approximate surface area is 87.6 Å². The number of alkyl halides is 2. The van der Waals surface area contributed by atoms with Crippen molar-refractivity contribution >= 4 is 5.91 Å². The molecule has 6 heteroatoms. The van der Waals surface area contributed by atoms with Gasteiger partial charge in [0, 0.05) is 19.6 Å². The van der Waals surface area contributed by atoms with Crippen LogP contribution in [-0.4, -0.2) is 43.3 Å². The zero-order chi connectivity index (χ0) is 11.7. The summed E-state index contributed by atoms with van der Waals surface area (Å²) in [6.45, 7) is 2.36. The Bertz CT molecular complexity index is 179. The third-order valence-electron chi connectivity index (χ3n) is 1.62. The van der Waals surface area contributed by atoms with Crippen molar-refractivity contribution in [3.05, 3.63) is 0 Å². The number of carbonyl (C=O) groups excluding carboxylic acids is 1. The second kappa shape index (κ2) is 8.55. The predicted molar refractivity (Wildman–Crippen MR) is 50.7 cm³/mol. The average Bonchev–Trinajstić information content (AvgIpc) is 2.20. The summed E-state index contributed by atoms with van der Waals surface area (Å²) in [5.74, 6) is -0.397. The summed E-state index contributed by atoms with van der Waals surface area (Å²) >= 11 is 0. The highest BCUT2D eigenvalue weighted by Gasteiger charge is 2.16. The van der Waals surface area contributed by atoms with Crippen molar-refractivity contribution in [3.63, 3.8) is 0 Å². The Balaban J connectivity index is 3.41. The van der Waals surface area contributed by atoms with Gasteiger partial charge in [-0.1, -0.05) is 6.92 Å². The lowest BCUT2D eigenvalue weighted by atomic mass is 10.3. The molecule has 1 unspecified atom stereocenters. The van der Waals surface area contributed by atoms with Crippen LogP contribution in [-0.2, 0) is 9.53 Å². The van der Waals surface area contributed by atoms with E-state index >= 15 is 0 Å². The van der Waals surface area contributed by atoms with Crippen LogP contribution < -0.4 is 5.32 Å². The van der Waals surface area contributed by atoms with Crippen LogP contribution >= 0.6 is 0 Å². The first-order valence-electron chi connectivity index (χ1n) is 4.88. The summed E-state index contributed by atoms with van der Waals surface area (Å²) < 4.78 is 28.6. The molecule has 0 heterocycles. The highest BCUT2D eigenvalue weighted by atomic mass is 19.3. The number of aliphatic hydroxyl groups is 1. The molecular formula is C9H17F2NO3. The van der Waals surface area contributed by atoms with Crippen molar-refractivity contribution in [3.8, 4) is 0 Å². The van der Waals surface area contributed by atoms with Crippen molar-refractivity contribution in [2.75, 3.05) is 19.8 Å². The van der Waals surface area contributed by atoms with Crippen LogP contribution in [0.25, 0.3) is 0 Å². The fourth-order valence-electron chi connectivity index (χ4n) is 0.807. The van der Waals surface area contributed by atoms with Gasteiger partial charge in [0.15, 0.2) is 0 Å². The van der Waals surface area contributed by atoms with Crippen molar-refractivity contribution in [1.29, 1.82) is 0 Å². The van der Waals surface area contributed by atoms with Crippen LogP contribution in [0, 0.1) is 0 Å². The average molecular weight is 225 g/mol. The van der Waals surface area contributed by atoms with Gasteiger partial charge in [0.1, 0.15) is 6.10 Å². The molecule has 4 nitrogen and oxygen atoms in total. The van der Waals surface area contributed by atoms with E-state index in [4.69, 9.17) is 9.84 Å². The first kappa shape index (κ1) is 14.2. The molecule has 0 aliphatic carbocycles. The van der Waals surface area contributed by atoms with Crippen molar-refractivity contribution in [2.45, 2.75) is 32.3 Å². The number of nitrogens with one attached hydrogen (secondary N) is 1. The van der Waals surface area contributed by atoms with Crippen LogP contribution in [0.4, 0.5) is 8.78 Å². The summed E-state index contributed by atoms with van der Waals surface area (Å²) in [5, 5.41) is 10.9. The maximum Gasteiger partial charge on any atom is 0.265 e. The molecule has 0 aliphatic heterocycles. The zero-order valence-electron chi connectivity index (χ0n) is 8.71. The third-order valence-corrected chi connectivity index (χ3v) is 1.62. The quantitative estimate of drug-likeness (QED) is 0.593. The summed E-state index contributed by atoms with van der Waals surface area (Å²) in [5.41, 5.74) is 0. The van der Waals surface area contributed by atoms with Gasteiger partial charge in [-0.05, 0) is 6.42 Å². The van der Waals surface area contributed by atoms with Crippen molar-refractivity contribution in [1.82, 2.24) is 5.32 Å². The Kier molecular flexibility index (Phi) is 8.12. The van der Waals surface area contributed by atoms with E-state index in [0.717, 1.165) is 6.42 Å². The smallest absolute Gasteiger partial charge is 0.265 e. The van der Waals surface area contributed by atoms with Gasteiger partial charge in [-0.15, -0.1) is 0 Å². The molecule has 90 valence electrons. The van der Waals surface area contributed by atoms with E-state index in [-0.39, 0.29) is 13.0 Å². The highest BCUT2D eigenvalue weighted by molar-refractivity contribution is 5.75. The summed E-state index contributed by atoms with van der Waals surface area (Å²) in [6.07, 6.45) is -3.64. The van der Waals surface area contributed by atoms with Crippen molar-refractivity contribution in [2.24, 2.45) is 0 Å². The molecule has 1 amide bonds. The summed E-state index contributed by atoms with van der Waals surface area (Å²) in [7, 11) is 0. The molecule has 0 saturated heterocycles. The molecule has 2 N–H and O–H groups in total. The standard InChI is InChI=1S/C9H17F2NO3/c1-2-4-15-5-3-8(14)12-6-7(13)9(10)11/h7,9,13H,2-6H2,1H3,(H,12,14). The number of amides is 1. The van der Waals surface area contributed by atoms with E-state index in [1.807, 2.05) is 6.92 Å². The van der Waals surface area contributed by atoms with Crippen LogP contribution in [0.15, 0.2) is 0 Å². The van der Waals surface area contributed by atoms with Gasteiger partial charge in [-0.3, -0.25) is 4.79 Å². The molecular weight excluding hydrogens is 208 g/mol. The third kappa shape index (κ3) is 8.26. The van der Waals surface area contributed by atoms with Crippen molar-refractivity contribution < 1.29 is 23.4 Å². The number of hydrogen-bond acceptors (Lipinski definition) is 3. The van der Waals surface area contributed by atoms with E-state index in [1.54, 1.807) is 0 Å². The van der Waals surface area contributed by atoms with E-state index in [1.165, 1.54) is 0 Å². The minimum absolute atomic E-state index is 0.121. The number of carbonyl (C=O) groups is 1. The van der Waals surface area contributed by atoms with Gasteiger partial charge in [0.05, 0.1) is 6.61 Å². The van der Waals surface area contributed by atoms with Gasteiger partial charge < -0.3 is 15.2 Å². The molecule has 0 bridgehead atoms. The second-order valence-corrected chi connectivity index (χ2v) is 3.07. The van der Waals surface area contributed by atoms with Gasteiger partial charge in [-0.25, -0.2) is 8.78 Å². The second-order valence-electron chi connectivity index (χ2n) is 3.07. The maximum atomic E-state index is 11.8. The topological polar surface area (TPSA) is 58.6 Å². The van der Waals surface area contributed by atoms with Gasteiger partial charge in [-0.2, -0.15) is 0 Å². The monoisotopic (exact) mass is 225 g/mol. The van der Waals surface area contributed by atoms with E-state index in [9.17, 15) is 13.6 Å². The van der Waals surface area contributed by atoms with E-state index in [2.05, 4.69) is 5.32 Å². The number of rotatable bonds is 8. The fourth-order valence-corrected chi connectivity index (χ4v) is 0.807. The van der Waals surface area contributed by atoms with Gasteiger partial charge in [0.25, 0.3) is 6.43 Å². The number of halogens is 2. The Morgan fingerprint density at radius 2 is 2.13 bits per heavy atom. The zero-order valence-corrected chi connectivity index (χ0v) is 8.71. The van der Waals surface area contributed by atoms with Gasteiger partial charge in [0.2, 0.25) is 5.91 Å². The van der Waals surface area contributed by atoms with Crippen LogP contribution in [0.1, 0.15) is 19.8 Å². The minimum atomic E-state index is -2.83. The molecule has 0 aromatic rings. The lowest BCUT2D eigenvalue weighted by Crippen LogP contribution is -2.36. The van der Waals surface area contributed by atoms with Crippen LogP contribution in [0.5, 0.6) is 0 Å².